The number of carbonyl (C=O) groups excluding carboxylic acids is 2. The molecule has 1 N–H and O–H groups in total. The summed E-state index contributed by atoms with van der Waals surface area (Å²) in [6.45, 7) is 1.86. The summed E-state index contributed by atoms with van der Waals surface area (Å²) < 4.78 is 30.3. The van der Waals surface area contributed by atoms with Crippen LogP contribution in [0.2, 0.25) is 5.02 Å². The van der Waals surface area contributed by atoms with Crippen LogP contribution >= 0.6 is 11.6 Å². The Morgan fingerprint density at radius 2 is 1.89 bits per heavy atom. The van der Waals surface area contributed by atoms with E-state index in [4.69, 9.17) is 11.6 Å². The van der Waals surface area contributed by atoms with E-state index in [1.807, 2.05) is 12.1 Å². The van der Waals surface area contributed by atoms with Gasteiger partial charge in [0, 0.05) is 24.5 Å². The number of carbonyl (C=O) groups is 2. The summed E-state index contributed by atoms with van der Waals surface area (Å²) in [5, 5.41) is 10.9. The van der Waals surface area contributed by atoms with Crippen LogP contribution in [-0.4, -0.2) is 56.5 Å². The van der Waals surface area contributed by atoms with Crippen molar-refractivity contribution in [3.8, 4) is 0 Å². The smallest absolute Gasteiger partial charge is 0.297 e. The lowest BCUT2D eigenvalue weighted by molar-refractivity contribution is -0.116. The van der Waals surface area contributed by atoms with Crippen LogP contribution in [0.25, 0.3) is 5.65 Å². The molecule has 0 saturated carbocycles. The number of amides is 2. The Kier molecular flexibility index (Phi) is 6.20. The molecule has 12 heteroatoms. The fourth-order valence-corrected chi connectivity index (χ4v) is 4.91. The molecule has 1 aliphatic rings. The first-order valence-corrected chi connectivity index (χ1v) is 11.8. The van der Waals surface area contributed by atoms with E-state index in [9.17, 15) is 18.4 Å². The lowest BCUT2D eigenvalue weighted by Crippen LogP contribution is -2.31. The van der Waals surface area contributed by atoms with E-state index in [0.29, 0.717) is 33.2 Å². The molecule has 37 heavy (non-hydrogen) atoms. The van der Waals surface area contributed by atoms with Crippen LogP contribution < -0.4 is 10.2 Å². The van der Waals surface area contributed by atoms with Crippen molar-refractivity contribution >= 4 is 40.4 Å². The van der Waals surface area contributed by atoms with E-state index in [0.717, 1.165) is 5.56 Å². The van der Waals surface area contributed by atoms with Crippen molar-refractivity contribution in [2.24, 2.45) is 7.05 Å². The number of alkyl halides is 2. The summed E-state index contributed by atoms with van der Waals surface area (Å²) in [7, 11) is 5.34. The molecular formula is C25H24ClF2N7O2. The molecule has 9 nitrogen and oxygen atoms in total. The van der Waals surface area contributed by atoms with Crippen LogP contribution in [-0.2, 0) is 11.8 Å². The second-order valence-electron chi connectivity index (χ2n) is 9.26. The number of benzene rings is 1. The monoisotopic (exact) mass is 527 g/mol. The molecule has 1 unspecified atom stereocenters. The van der Waals surface area contributed by atoms with Crippen molar-refractivity contribution in [3.63, 3.8) is 0 Å². The molecule has 0 radical (unpaired) electrons. The third-order valence-corrected chi connectivity index (χ3v) is 6.52. The molecule has 3 aromatic heterocycles. The predicted octanol–water partition coefficient (Wildman–Crippen LogP) is 4.22. The van der Waals surface area contributed by atoms with Gasteiger partial charge >= 0.3 is 0 Å². The van der Waals surface area contributed by atoms with Crippen molar-refractivity contribution in [2.75, 3.05) is 30.9 Å². The number of hydrogen-bond donors (Lipinski definition) is 1. The number of likely N-dealkylation sites (N-methyl/N-ethyl adjacent to an activating group) is 1. The van der Waals surface area contributed by atoms with E-state index in [-0.39, 0.29) is 24.0 Å². The van der Waals surface area contributed by atoms with E-state index >= 15 is 0 Å². The standard InChI is InChI=1S/C25H24ClF2N7O2/c1-13-9-16(10-34-23(13)30-31-24(34)22(27)28)35-20(14-5-7-15(26)8-6-14)21-19(25(35)37)17(11-33(21)4)29-18(36)12-32(2)3/h5-11,20,22H,12H2,1-4H3,(H,29,36). The van der Waals surface area contributed by atoms with Gasteiger partial charge in [-0.3, -0.25) is 18.9 Å². The maximum Gasteiger partial charge on any atom is 0.297 e. The van der Waals surface area contributed by atoms with Crippen LogP contribution in [0.4, 0.5) is 20.2 Å². The number of pyridine rings is 1. The molecular weight excluding hydrogens is 504 g/mol. The third-order valence-electron chi connectivity index (χ3n) is 6.27. The van der Waals surface area contributed by atoms with E-state index in [1.165, 1.54) is 15.5 Å². The Morgan fingerprint density at radius 1 is 1.19 bits per heavy atom. The van der Waals surface area contributed by atoms with Crippen molar-refractivity contribution in [1.82, 2.24) is 24.1 Å². The third kappa shape index (κ3) is 4.23. The zero-order valence-electron chi connectivity index (χ0n) is 20.5. The van der Waals surface area contributed by atoms with Gasteiger partial charge in [0.1, 0.15) is 6.04 Å². The van der Waals surface area contributed by atoms with Crippen molar-refractivity contribution in [1.29, 1.82) is 0 Å². The van der Waals surface area contributed by atoms with E-state index in [1.54, 1.807) is 61.9 Å². The number of nitrogens with one attached hydrogen (secondary N) is 1. The van der Waals surface area contributed by atoms with E-state index < -0.39 is 18.3 Å². The topological polar surface area (TPSA) is 87.8 Å². The maximum atomic E-state index is 14.0. The molecule has 4 aromatic rings. The fourth-order valence-electron chi connectivity index (χ4n) is 4.78. The molecule has 5 rings (SSSR count). The van der Waals surface area contributed by atoms with Gasteiger partial charge in [0.15, 0.2) is 5.65 Å². The average Bonchev–Trinajstić information content (AvgIpc) is 3.47. The van der Waals surface area contributed by atoms with Gasteiger partial charge in [0.05, 0.1) is 29.2 Å². The molecule has 0 fully saturated rings. The van der Waals surface area contributed by atoms with E-state index in [2.05, 4.69) is 15.5 Å². The number of hydrogen-bond acceptors (Lipinski definition) is 5. The number of nitrogens with zero attached hydrogens (tertiary/aromatic N) is 6. The van der Waals surface area contributed by atoms with Gasteiger partial charge in [-0.05, 0) is 50.3 Å². The molecule has 2 amide bonds. The highest BCUT2D eigenvalue weighted by atomic mass is 35.5. The van der Waals surface area contributed by atoms with Crippen molar-refractivity contribution in [3.05, 3.63) is 76.0 Å². The molecule has 0 saturated heterocycles. The highest BCUT2D eigenvalue weighted by Gasteiger charge is 2.43. The quantitative estimate of drug-likeness (QED) is 0.406. The zero-order chi connectivity index (χ0) is 26.6. The Labute approximate surface area is 216 Å². The Hall–Kier alpha value is -3.83. The van der Waals surface area contributed by atoms with Crippen LogP contribution in [0.3, 0.4) is 0 Å². The van der Waals surface area contributed by atoms with Gasteiger partial charge in [-0.15, -0.1) is 10.2 Å². The number of rotatable bonds is 6. The number of aromatic nitrogens is 4. The summed E-state index contributed by atoms with van der Waals surface area (Å²) in [5.41, 5.74) is 3.38. The first-order chi connectivity index (χ1) is 17.6. The molecule has 192 valence electrons. The van der Waals surface area contributed by atoms with Crippen LogP contribution in [0.1, 0.15) is 45.5 Å². The molecule has 1 aromatic carbocycles. The minimum Gasteiger partial charge on any atom is -0.350 e. The van der Waals surface area contributed by atoms with Crippen LogP contribution in [0, 0.1) is 6.92 Å². The summed E-state index contributed by atoms with van der Waals surface area (Å²) in [5.74, 6) is -1.15. The second-order valence-corrected chi connectivity index (χ2v) is 9.70. The predicted molar refractivity (Wildman–Crippen MR) is 135 cm³/mol. The van der Waals surface area contributed by atoms with Gasteiger partial charge in [0.25, 0.3) is 12.3 Å². The number of halogens is 3. The minimum absolute atomic E-state index is 0.141. The largest absolute Gasteiger partial charge is 0.350 e. The minimum atomic E-state index is -2.85. The lowest BCUT2D eigenvalue weighted by atomic mass is 10.0. The molecule has 0 bridgehead atoms. The van der Waals surface area contributed by atoms with Gasteiger partial charge in [-0.1, -0.05) is 23.7 Å². The summed E-state index contributed by atoms with van der Waals surface area (Å²) in [6.07, 6.45) is 0.307. The van der Waals surface area contributed by atoms with Crippen LogP contribution in [0.15, 0.2) is 42.7 Å². The summed E-state index contributed by atoms with van der Waals surface area (Å²) in [6, 6.07) is 8.19. The molecule has 1 aliphatic heterocycles. The lowest BCUT2D eigenvalue weighted by Gasteiger charge is -2.27. The van der Waals surface area contributed by atoms with Gasteiger partial charge in [-0.2, -0.15) is 0 Å². The Bertz CT molecular complexity index is 1530. The van der Waals surface area contributed by atoms with Crippen LogP contribution in [0.5, 0.6) is 0 Å². The fraction of sp³-hybridized carbons (Fsp3) is 0.280. The highest BCUT2D eigenvalue weighted by Crippen LogP contribution is 2.45. The highest BCUT2D eigenvalue weighted by molar-refractivity contribution is 6.30. The molecule has 1 atom stereocenters. The van der Waals surface area contributed by atoms with Gasteiger partial charge in [0.2, 0.25) is 11.7 Å². The summed E-state index contributed by atoms with van der Waals surface area (Å²) in [4.78, 5) is 29.8. The normalized spacial score (nSPS) is 15.3. The number of fused-ring (bicyclic) bond motifs is 2. The zero-order valence-corrected chi connectivity index (χ0v) is 21.3. The average molecular weight is 528 g/mol. The number of anilines is 2. The molecule has 0 aliphatic carbocycles. The Morgan fingerprint density at radius 3 is 2.54 bits per heavy atom. The SMILES string of the molecule is Cc1cc(N2C(=O)c3c(NC(=O)CN(C)C)cn(C)c3C2c2ccc(Cl)cc2)cn2c(C(F)F)nnc12. The second kappa shape index (κ2) is 9.24. The number of aryl methyl sites for hydroxylation is 2. The first kappa shape index (κ1) is 24.8. The maximum absolute atomic E-state index is 14.0. The van der Waals surface area contributed by atoms with Gasteiger partial charge < -0.3 is 14.8 Å². The molecule has 4 heterocycles. The first-order valence-electron chi connectivity index (χ1n) is 11.4. The van der Waals surface area contributed by atoms with Crippen molar-refractivity contribution < 1.29 is 18.4 Å². The molecule has 0 spiro atoms. The summed E-state index contributed by atoms with van der Waals surface area (Å²) >= 11 is 6.13. The van der Waals surface area contributed by atoms with Crippen molar-refractivity contribution in [2.45, 2.75) is 19.4 Å². The Balaban J connectivity index is 1.69. The van der Waals surface area contributed by atoms with Gasteiger partial charge in [-0.25, -0.2) is 8.78 Å².